The lowest BCUT2D eigenvalue weighted by Crippen LogP contribution is -2.31. The summed E-state index contributed by atoms with van der Waals surface area (Å²) in [4.78, 5) is 42.4. The SMILES string of the molecule is CC(C)NC(=O)c1cc2c(nc1NCC1CC1)CCN(Cc1ccccn1)CC2.O=C(O)C(F)(F)F.O=C(O)C(F)(F)F. The van der Waals surface area contributed by atoms with Crippen LogP contribution in [0.5, 0.6) is 0 Å². The predicted octanol–water partition coefficient (Wildman–Crippen LogP) is 4.30. The standard InChI is InChI=1S/C23H31N5O.2C2HF3O2/c1-16(2)26-23(29)20-13-18-8-11-28(15-19-5-3-4-10-24-19)12-9-21(18)27-22(20)25-14-17-6-7-17;2*3-2(4,5)1(6)7/h3-5,10,13,16-17H,6-9,11-12,14-15H2,1-2H3,(H,25,27)(H,26,29);2*(H,6,7). The lowest BCUT2D eigenvalue weighted by atomic mass is 10.0. The number of pyridine rings is 2. The molecule has 1 aliphatic carbocycles. The first-order valence-electron chi connectivity index (χ1n) is 13.3. The highest BCUT2D eigenvalue weighted by Crippen LogP contribution is 2.30. The van der Waals surface area contributed by atoms with Crippen molar-refractivity contribution < 1.29 is 50.9 Å². The van der Waals surface area contributed by atoms with Crippen LogP contribution < -0.4 is 10.6 Å². The van der Waals surface area contributed by atoms with Gasteiger partial charge in [0.1, 0.15) is 5.82 Å². The molecule has 0 unspecified atom stereocenters. The Bertz CT molecular complexity index is 1210. The third kappa shape index (κ3) is 12.8. The molecular weight excluding hydrogens is 588 g/mol. The molecule has 1 amide bonds. The molecule has 43 heavy (non-hydrogen) atoms. The fraction of sp³-hybridized carbons (Fsp3) is 0.519. The molecule has 1 fully saturated rings. The van der Waals surface area contributed by atoms with Crippen LogP contribution in [-0.4, -0.2) is 81.0 Å². The number of hydrogen-bond acceptors (Lipinski definition) is 7. The van der Waals surface area contributed by atoms with Gasteiger partial charge in [0.2, 0.25) is 0 Å². The van der Waals surface area contributed by atoms with E-state index < -0.39 is 24.3 Å². The lowest BCUT2D eigenvalue weighted by molar-refractivity contribution is -0.193. The molecule has 2 aromatic heterocycles. The van der Waals surface area contributed by atoms with Gasteiger partial charge in [-0.05, 0) is 62.8 Å². The van der Waals surface area contributed by atoms with Crippen LogP contribution in [0.2, 0.25) is 0 Å². The predicted molar refractivity (Wildman–Crippen MR) is 142 cm³/mol. The number of carbonyl (C=O) groups excluding carboxylic acids is 1. The molecule has 0 bridgehead atoms. The quantitative estimate of drug-likeness (QED) is 0.333. The molecule has 16 heteroatoms. The summed E-state index contributed by atoms with van der Waals surface area (Å²) >= 11 is 0. The van der Waals surface area contributed by atoms with Crippen molar-refractivity contribution in [3.8, 4) is 0 Å². The van der Waals surface area contributed by atoms with Crippen LogP contribution in [0.1, 0.15) is 54.0 Å². The molecule has 1 aliphatic heterocycles. The van der Waals surface area contributed by atoms with E-state index >= 15 is 0 Å². The molecule has 4 N–H and O–H groups in total. The number of fused-ring (bicyclic) bond motifs is 1. The van der Waals surface area contributed by atoms with Crippen molar-refractivity contribution in [2.75, 3.05) is 25.0 Å². The van der Waals surface area contributed by atoms with E-state index in [1.54, 1.807) is 0 Å². The van der Waals surface area contributed by atoms with E-state index in [4.69, 9.17) is 24.8 Å². The van der Waals surface area contributed by atoms with E-state index in [-0.39, 0.29) is 11.9 Å². The van der Waals surface area contributed by atoms with Crippen LogP contribution in [0.4, 0.5) is 32.2 Å². The summed E-state index contributed by atoms with van der Waals surface area (Å²) in [6.07, 6.45) is -3.98. The van der Waals surface area contributed by atoms with Crippen LogP contribution in [-0.2, 0) is 29.0 Å². The van der Waals surface area contributed by atoms with E-state index in [2.05, 4.69) is 32.7 Å². The van der Waals surface area contributed by atoms with E-state index in [9.17, 15) is 31.1 Å². The number of aromatic nitrogens is 2. The number of rotatable bonds is 7. The minimum atomic E-state index is -5.08. The van der Waals surface area contributed by atoms with Crippen molar-refractivity contribution in [1.29, 1.82) is 0 Å². The third-order valence-corrected chi connectivity index (χ3v) is 6.07. The van der Waals surface area contributed by atoms with Gasteiger partial charge in [0.25, 0.3) is 5.91 Å². The van der Waals surface area contributed by atoms with Crippen molar-refractivity contribution in [2.24, 2.45) is 5.92 Å². The molecule has 1 saturated carbocycles. The number of carboxylic acids is 2. The number of nitrogens with zero attached hydrogens (tertiary/aromatic N) is 3. The first kappa shape index (κ1) is 35.2. The zero-order valence-corrected chi connectivity index (χ0v) is 23.4. The van der Waals surface area contributed by atoms with Crippen molar-refractivity contribution in [3.05, 3.63) is 53.0 Å². The topological polar surface area (TPSA) is 145 Å². The number of carbonyl (C=O) groups is 3. The zero-order chi connectivity index (χ0) is 32.4. The van der Waals surface area contributed by atoms with Crippen LogP contribution in [0.3, 0.4) is 0 Å². The molecule has 0 atom stereocenters. The molecule has 238 valence electrons. The maximum atomic E-state index is 12.8. The van der Waals surface area contributed by atoms with Gasteiger partial charge in [0, 0.05) is 50.5 Å². The molecule has 0 aromatic carbocycles. The number of amides is 1. The Morgan fingerprint density at radius 1 is 1.00 bits per heavy atom. The summed E-state index contributed by atoms with van der Waals surface area (Å²) in [5.41, 5.74) is 4.08. The largest absolute Gasteiger partial charge is 0.490 e. The van der Waals surface area contributed by atoms with Gasteiger partial charge in [-0.15, -0.1) is 0 Å². The Morgan fingerprint density at radius 3 is 2.07 bits per heavy atom. The van der Waals surface area contributed by atoms with Crippen LogP contribution >= 0.6 is 0 Å². The average molecular weight is 622 g/mol. The molecule has 0 spiro atoms. The van der Waals surface area contributed by atoms with Crippen LogP contribution in [0.15, 0.2) is 30.5 Å². The van der Waals surface area contributed by atoms with Gasteiger partial charge in [-0.1, -0.05) is 6.07 Å². The van der Waals surface area contributed by atoms with E-state index in [0.29, 0.717) is 5.56 Å². The Morgan fingerprint density at radius 2 is 1.58 bits per heavy atom. The van der Waals surface area contributed by atoms with Crippen molar-refractivity contribution >= 4 is 23.7 Å². The molecule has 3 heterocycles. The summed E-state index contributed by atoms with van der Waals surface area (Å²) in [5.74, 6) is -4.08. The first-order valence-corrected chi connectivity index (χ1v) is 13.3. The number of alkyl halides is 6. The molecule has 4 rings (SSSR count). The highest BCUT2D eigenvalue weighted by atomic mass is 19.4. The van der Waals surface area contributed by atoms with Crippen molar-refractivity contribution in [1.82, 2.24) is 20.2 Å². The number of hydrogen-bond donors (Lipinski definition) is 4. The second-order valence-corrected chi connectivity index (χ2v) is 10.1. The number of aliphatic carboxylic acids is 2. The second kappa shape index (κ2) is 15.5. The maximum Gasteiger partial charge on any atom is 0.490 e. The second-order valence-electron chi connectivity index (χ2n) is 10.1. The Hall–Kier alpha value is -3.95. The molecule has 0 saturated heterocycles. The number of halogens is 6. The van der Waals surface area contributed by atoms with Gasteiger partial charge < -0.3 is 20.8 Å². The van der Waals surface area contributed by atoms with Gasteiger partial charge in [0.15, 0.2) is 0 Å². The monoisotopic (exact) mass is 621 g/mol. The fourth-order valence-electron chi connectivity index (χ4n) is 3.77. The number of carboxylic acid groups (broad SMARTS) is 2. The molecule has 2 aromatic rings. The van der Waals surface area contributed by atoms with Crippen molar-refractivity contribution in [3.63, 3.8) is 0 Å². The van der Waals surface area contributed by atoms with Gasteiger partial charge in [-0.25, -0.2) is 14.6 Å². The Labute approximate surface area is 243 Å². The first-order chi connectivity index (χ1) is 20.0. The summed E-state index contributed by atoms with van der Waals surface area (Å²) in [5, 5.41) is 20.7. The lowest BCUT2D eigenvalue weighted by Gasteiger charge is -2.18. The summed E-state index contributed by atoms with van der Waals surface area (Å²) in [6, 6.07) is 8.23. The van der Waals surface area contributed by atoms with E-state index in [1.807, 2.05) is 32.2 Å². The molecule has 2 aliphatic rings. The van der Waals surface area contributed by atoms with Gasteiger partial charge in [-0.3, -0.25) is 14.7 Å². The van der Waals surface area contributed by atoms with Gasteiger partial charge in [-0.2, -0.15) is 26.3 Å². The van der Waals surface area contributed by atoms with Crippen molar-refractivity contribution in [2.45, 2.75) is 64.5 Å². The normalized spacial score (nSPS) is 15.1. The van der Waals surface area contributed by atoms with Gasteiger partial charge >= 0.3 is 24.3 Å². The van der Waals surface area contributed by atoms with E-state index in [1.165, 1.54) is 18.4 Å². The highest BCUT2D eigenvalue weighted by Gasteiger charge is 2.39. The highest BCUT2D eigenvalue weighted by molar-refractivity contribution is 5.99. The summed E-state index contributed by atoms with van der Waals surface area (Å²) in [6.45, 7) is 7.63. The molecular formula is C27H33F6N5O5. The third-order valence-electron chi connectivity index (χ3n) is 6.07. The van der Waals surface area contributed by atoms with E-state index in [0.717, 1.165) is 62.1 Å². The molecule has 10 nitrogen and oxygen atoms in total. The zero-order valence-electron chi connectivity index (χ0n) is 23.4. The summed E-state index contributed by atoms with van der Waals surface area (Å²) < 4.78 is 63.5. The van der Waals surface area contributed by atoms with Gasteiger partial charge in [0.05, 0.1) is 11.3 Å². The number of anilines is 1. The Balaban J connectivity index is 0.000000384. The Kier molecular flexibility index (Phi) is 12.7. The van der Waals surface area contributed by atoms with Crippen LogP contribution in [0, 0.1) is 5.92 Å². The maximum absolute atomic E-state index is 12.8. The van der Waals surface area contributed by atoms with Crippen LogP contribution in [0.25, 0.3) is 0 Å². The summed E-state index contributed by atoms with van der Waals surface area (Å²) in [7, 11) is 0. The minimum absolute atomic E-state index is 0.0387. The number of nitrogens with one attached hydrogen (secondary N) is 2. The fourth-order valence-corrected chi connectivity index (χ4v) is 3.77. The minimum Gasteiger partial charge on any atom is -0.475 e. The average Bonchev–Trinajstić information content (AvgIpc) is 3.75. The smallest absolute Gasteiger partial charge is 0.475 e. The molecule has 0 radical (unpaired) electrons.